The zero-order valence-corrected chi connectivity index (χ0v) is 9.59. The lowest BCUT2D eigenvalue weighted by molar-refractivity contribution is -0.0465. The lowest BCUT2D eigenvalue weighted by Gasteiger charge is -2.05. The molecular weight excluding hydrogens is 220 g/mol. The molecule has 0 atom stereocenters. The van der Waals surface area contributed by atoms with Gasteiger partial charge in [-0.1, -0.05) is 12.1 Å². The van der Waals surface area contributed by atoms with E-state index < -0.39 is 0 Å². The second-order valence-electron chi connectivity index (χ2n) is 4.09. The largest absolute Gasteiger partial charge is 0.392 e. The first kappa shape index (κ1) is 10.7. The Balaban J connectivity index is 2.13. The van der Waals surface area contributed by atoms with Crippen LogP contribution in [-0.4, -0.2) is 28.1 Å². The SMILES string of the molecule is Cn1nc(C2OCCO2)c2ccc(CO)cc21. The highest BCUT2D eigenvalue weighted by Gasteiger charge is 2.24. The van der Waals surface area contributed by atoms with Crippen LogP contribution in [0.3, 0.4) is 0 Å². The topological polar surface area (TPSA) is 56.5 Å². The molecule has 2 aromatic rings. The molecule has 3 rings (SSSR count). The van der Waals surface area contributed by atoms with Crippen LogP contribution in [0.25, 0.3) is 10.9 Å². The number of aryl methyl sites for hydroxylation is 1. The van der Waals surface area contributed by atoms with Crippen molar-refractivity contribution in [2.45, 2.75) is 12.9 Å². The Morgan fingerprint density at radius 3 is 2.88 bits per heavy atom. The molecule has 5 nitrogen and oxygen atoms in total. The summed E-state index contributed by atoms with van der Waals surface area (Å²) in [6.45, 7) is 1.25. The van der Waals surface area contributed by atoms with Crippen molar-refractivity contribution in [1.29, 1.82) is 0 Å². The van der Waals surface area contributed by atoms with Gasteiger partial charge in [0.2, 0.25) is 6.29 Å². The van der Waals surface area contributed by atoms with Gasteiger partial charge in [0.1, 0.15) is 5.69 Å². The average Bonchev–Trinajstić information content (AvgIpc) is 2.97. The number of ether oxygens (including phenoxy) is 2. The van der Waals surface area contributed by atoms with Crippen molar-refractivity contribution in [1.82, 2.24) is 9.78 Å². The van der Waals surface area contributed by atoms with E-state index in [1.165, 1.54) is 0 Å². The number of fused-ring (bicyclic) bond motifs is 1. The number of benzene rings is 1. The van der Waals surface area contributed by atoms with Gasteiger partial charge in [-0.3, -0.25) is 4.68 Å². The second-order valence-corrected chi connectivity index (χ2v) is 4.09. The summed E-state index contributed by atoms with van der Waals surface area (Å²) in [4.78, 5) is 0. The Morgan fingerprint density at radius 2 is 2.18 bits per heavy atom. The normalized spacial score (nSPS) is 17.1. The maximum Gasteiger partial charge on any atom is 0.203 e. The zero-order chi connectivity index (χ0) is 11.8. The van der Waals surface area contributed by atoms with Gasteiger partial charge >= 0.3 is 0 Å². The van der Waals surface area contributed by atoms with Gasteiger partial charge in [-0.2, -0.15) is 5.10 Å². The van der Waals surface area contributed by atoms with Crippen molar-refractivity contribution >= 4 is 10.9 Å². The third-order valence-electron chi connectivity index (χ3n) is 2.97. The van der Waals surface area contributed by atoms with Gasteiger partial charge < -0.3 is 14.6 Å². The summed E-state index contributed by atoms with van der Waals surface area (Å²) in [7, 11) is 1.88. The summed E-state index contributed by atoms with van der Waals surface area (Å²) in [6, 6.07) is 5.78. The van der Waals surface area contributed by atoms with Gasteiger partial charge in [0.25, 0.3) is 0 Å². The minimum atomic E-state index is -0.362. The van der Waals surface area contributed by atoms with Gasteiger partial charge in [-0.15, -0.1) is 0 Å². The highest BCUT2D eigenvalue weighted by Crippen LogP contribution is 2.29. The Morgan fingerprint density at radius 1 is 1.41 bits per heavy atom. The Kier molecular flexibility index (Phi) is 2.58. The predicted octanol–water partition coefficient (Wildman–Crippen LogP) is 1.11. The lowest BCUT2D eigenvalue weighted by atomic mass is 10.1. The monoisotopic (exact) mass is 234 g/mol. The molecule has 17 heavy (non-hydrogen) atoms. The first-order valence-corrected chi connectivity index (χ1v) is 5.59. The van der Waals surface area contributed by atoms with E-state index >= 15 is 0 Å². The highest BCUT2D eigenvalue weighted by atomic mass is 16.7. The number of aliphatic hydroxyl groups excluding tert-OH is 1. The van der Waals surface area contributed by atoms with Gasteiger partial charge in [0.15, 0.2) is 0 Å². The van der Waals surface area contributed by atoms with Crippen LogP contribution in [0.2, 0.25) is 0 Å². The molecule has 1 aliphatic heterocycles. The van der Waals surface area contributed by atoms with Crippen LogP contribution < -0.4 is 0 Å². The fourth-order valence-corrected chi connectivity index (χ4v) is 2.12. The lowest BCUT2D eigenvalue weighted by Crippen LogP contribution is -2.00. The van der Waals surface area contributed by atoms with Crippen LogP contribution in [0, 0.1) is 0 Å². The van der Waals surface area contributed by atoms with E-state index in [1.807, 2.05) is 25.2 Å². The maximum atomic E-state index is 9.13. The van der Waals surface area contributed by atoms with Crippen molar-refractivity contribution in [2.75, 3.05) is 13.2 Å². The molecule has 0 aliphatic carbocycles. The second kappa shape index (κ2) is 4.10. The quantitative estimate of drug-likeness (QED) is 0.845. The van der Waals surface area contributed by atoms with Crippen molar-refractivity contribution in [3.05, 3.63) is 29.5 Å². The van der Waals surface area contributed by atoms with Gasteiger partial charge in [-0.25, -0.2) is 0 Å². The zero-order valence-electron chi connectivity index (χ0n) is 9.59. The van der Waals surface area contributed by atoms with Crippen molar-refractivity contribution in [3.8, 4) is 0 Å². The molecule has 0 amide bonds. The van der Waals surface area contributed by atoms with E-state index in [-0.39, 0.29) is 12.9 Å². The van der Waals surface area contributed by atoms with Crippen LogP contribution in [0.4, 0.5) is 0 Å². The van der Waals surface area contributed by atoms with E-state index in [0.717, 1.165) is 22.2 Å². The van der Waals surface area contributed by atoms with Gasteiger partial charge in [0, 0.05) is 12.4 Å². The van der Waals surface area contributed by atoms with Crippen LogP contribution in [0.1, 0.15) is 17.5 Å². The minimum Gasteiger partial charge on any atom is -0.392 e. The standard InChI is InChI=1S/C12H14N2O3/c1-14-10-6-8(7-15)2-3-9(10)11(13-14)12-16-4-5-17-12/h2-3,6,12,15H,4-5,7H2,1H3. The molecule has 2 heterocycles. The molecule has 0 bridgehead atoms. The maximum absolute atomic E-state index is 9.13. The van der Waals surface area contributed by atoms with E-state index in [0.29, 0.717) is 13.2 Å². The van der Waals surface area contributed by atoms with Crippen molar-refractivity contribution in [2.24, 2.45) is 7.05 Å². The van der Waals surface area contributed by atoms with E-state index in [1.54, 1.807) is 4.68 Å². The molecule has 0 unspecified atom stereocenters. The Bertz CT molecular complexity index is 544. The van der Waals surface area contributed by atoms with Crippen LogP contribution in [0.5, 0.6) is 0 Å². The third kappa shape index (κ3) is 1.72. The van der Waals surface area contributed by atoms with E-state index in [2.05, 4.69) is 5.10 Å². The van der Waals surface area contributed by atoms with Crippen LogP contribution >= 0.6 is 0 Å². The molecule has 0 radical (unpaired) electrons. The highest BCUT2D eigenvalue weighted by molar-refractivity contribution is 5.82. The summed E-state index contributed by atoms with van der Waals surface area (Å²) >= 11 is 0. The fraction of sp³-hybridized carbons (Fsp3) is 0.417. The Hall–Kier alpha value is -1.43. The van der Waals surface area contributed by atoms with Crippen molar-refractivity contribution < 1.29 is 14.6 Å². The van der Waals surface area contributed by atoms with Crippen LogP contribution in [-0.2, 0) is 23.1 Å². The van der Waals surface area contributed by atoms with Gasteiger partial charge in [-0.05, 0) is 11.6 Å². The molecule has 1 aromatic heterocycles. The number of nitrogens with zero attached hydrogens (tertiary/aromatic N) is 2. The number of hydrogen-bond acceptors (Lipinski definition) is 4. The first-order valence-electron chi connectivity index (χ1n) is 5.59. The molecule has 0 spiro atoms. The number of rotatable bonds is 2. The van der Waals surface area contributed by atoms with Crippen molar-refractivity contribution in [3.63, 3.8) is 0 Å². The number of hydrogen-bond donors (Lipinski definition) is 1. The molecule has 1 N–H and O–H groups in total. The predicted molar refractivity (Wildman–Crippen MR) is 61.3 cm³/mol. The summed E-state index contributed by atoms with van der Waals surface area (Å²) in [5.41, 5.74) is 2.66. The average molecular weight is 234 g/mol. The van der Waals surface area contributed by atoms with E-state index in [4.69, 9.17) is 14.6 Å². The molecular formula is C12H14N2O3. The number of aromatic nitrogens is 2. The summed E-state index contributed by atoms with van der Waals surface area (Å²) in [5.74, 6) is 0. The molecule has 1 aliphatic rings. The third-order valence-corrected chi connectivity index (χ3v) is 2.97. The summed E-state index contributed by atoms with van der Waals surface area (Å²) in [5, 5.41) is 14.6. The molecule has 0 saturated carbocycles. The Labute approximate surface area is 98.6 Å². The summed E-state index contributed by atoms with van der Waals surface area (Å²) < 4.78 is 12.7. The molecule has 90 valence electrons. The fourth-order valence-electron chi connectivity index (χ4n) is 2.12. The first-order chi connectivity index (χ1) is 8.29. The van der Waals surface area contributed by atoms with E-state index in [9.17, 15) is 0 Å². The number of aliphatic hydroxyl groups is 1. The van der Waals surface area contributed by atoms with Crippen LogP contribution in [0.15, 0.2) is 18.2 Å². The minimum absolute atomic E-state index is 0.0346. The molecule has 5 heteroatoms. The smallest absolute Gasteiger partial charge is 0.203 e. The molecule has 1 saturated heterocycles. The molecule has 1 fully saturated rings. The summed E-state index contributed by atoms with van der Waals surface area (Å²) in [6.07, 6.45) is -0.362. The molecule has 1 aromatic carbocycles. The van der Waals surface area contributed by atoms with Gasteiger partial charge in [0.05, 0.1) is 25.3 Å².